The molecule has 3 rings (SSSR count). The van der Waals surface area contributed by atoms with Gasteiger partial charge in [-0.15, -0.1) is 0 Å². The molecule has 1 aliphatic rings. The quantitative estimate of drug-likeness (QED) is 0.721. The first-order valence-electron chi connectivity index (χ1n) is 9.33. The molecule has 0 unspecified atom stereocenters. The molecule has 2 aromatic carbocycles. The summed E-state index contributed by atoms with van der Waals surface area (Å²) in [4.78, 5) is 16.1. The molecule has 0 bridgehead atoms. The highest BCUT2D eigenvalue weighted by Gasteiger charge is 2.28. The van der Waals surface area contributed by atoms with Gasteiger partial charge in [-0.2, -0.15) is 0 Å². The number of phenols is 1. The van der Waals surface area contributed by atoms with Gasteiger partial charge in [0.05, 0.1) is 26.2 Å². The fourth-order valence-electron chi connectivity index (χ4n) is 3.46. The molecule has 2 aromatic rings. The van der Waals surface area contributed by atoms with Crippen molar-refractivity contribution in [2.75, 3.05) is 37.6 Å². The molecule has 5 heteroatoms. The highest BCUT2D eigenvalue weighted by atomic mass is 16.3. The van der Waals surface area contributed by atoms with E-state index < -0.39 is 0 Å². The number of anilines is 1. The summed E-state index contributed by atoms with van der Waals surface area (Å²) in [7, 11) is 0. The van der Waals surface area contributed by atoms with E-state index in [1.165, 1.54) is 10.5 Å². The molecule has 0 spiro atoms. The highest BCUT2D eigenvalue weighted by molar-refractivity contribution is 5.79. The number of piperazine rings is 1. The highest BCUT2D eigenvalue weighted by Crippen LogP contribution is 2.18. The molecule has 0 aliphatic carbocycles. The second kappa shape index (κ2) is 8.72. The number of carbonyl (C=O) groups is 1. The lowest BCUT2D eigenvalue weighted by atomic mass is 10.1. The zero-order valence-electron chi connectivity index (χ0n) is 15.3. The van der Waals surface area contributed by atoms with Gasteiger partial charge in [-0.1, -0.05) is 30.3 Å². The van der Waals surface area contributed by atoms with Crippen molar-refractivity contribution in [3.63, 3.8) is 0 Å². The Morgan fingerprint density at radius 2 is 1.77 bits per heavy atom. The summed E-state index contributed by atoms with van der Waals surface area (Å²) in [5.41, 5.74) is 2.37. The molecular formula is C21H28N3O2+. The Kier molecular flexibility index (Phi) is 6.12. The minimum Gasteiger partial charge on any atom is -0.508 e. The summed E-state index contributed by atoms with van der Waals surface area (Å²) in [6.45, 7) is 6.41. The minimum absolute atomic E-state index is 0.0345. The molecule has 1 amide bonds. The number of benzene rings is 2. The van der Waals surface area contributed by atoms with Crippen LogP contribution in [0.2, 0.25) is 0 Å². The zero-order valence-corrected chi connectivity index (χ0v) is 15.3. The molecule has 0 aromatic heterocycles. The van der Waals surface area contributed by atoms with Crippen molar-refractivity contribution in [1.82, 2.24) is 5.32 Å². The number of nitrogens with zero attached hydrogens (tertiary/aromatic N) is 1. The van der Waals surface area contributed by atoms with Crippen LogP contribution in [0.25, 0.3) is 0 Å². The van der Waals surface area contributed by atoms with Crippen LogP contribution in [0, 0.1) is 0 Å². The van der Waals surface area contributed by atoms with E-state index in [1.54, 1.807) is 12.1 Å². The van der Waals surface area contributed by atoms with Crippen LogP contribution in [0.15, 0.2) is 54.6 Å². The van der Waals surface area contributed by atoms with Crippen LogP contribution in [-0.2, 0) is 11.2 Å². The van der Waals surface area contributed by atoms with E-state index in [9.17, 15) is 9.90 Å². The first-order valence-corrected chi connectivity index (χ1v) is 9.33. The van der Waals surface area contributed by atoms with Gasteiger partial charge < -0.3 is 20.2 Å². The summed E-state index contributed by atoms with van der Waals surface area (Å²) in [5, 5.41) is 12.5. The average molecular weight is 354 g/mol. The van der Waals surface area contributed by atoms with Crippen LogP contribution in [0.3, 0.4) is 0 Å². The second-order valence-corrected chi connectivity index (χ2v) is 6.91. The Morgan fingerprint density at radius 3 is 2.42 bits per heavy atom. The Labute approximate surface area is 155 Å². The number of rotatable bonds is 6. The van der Waals surface area contributed by atoms with Gasteiger partial charge in [-0.25, -0.2) is 0 Å². The maximum absolute atomic E-state index is 12.4. The standard InChI is InChI=1S/C21H27N3O2/c1-17(21(26)22-12-11-18-5-3-2-4-6-18)23-13-15-24(16-14-23)19-7-9-20(25)10-8-19/h2-10,17,25H,11-16H2,1H3,(H,22,26)/p+1/t17-/m1/s1. The predicted molar refractivity (Wildman–Crippen MR) is 104 cm³/mol. The first-order chi connectivity index (χ1) is 12.6. The van der Waals surface area contributed by atoms with E-state index in [1.807, 2.05) is 37.3 Å². The first kappa shape index (κ1) is 18.3. The van der Waals surface area contributed by atoms with Gasteiger partial charge in [-0.05, 0) is 43.2 Å². The number of carbonyl (C=O) groups excluding carboxylic acids is 1. The molecule has 0 saturated carbocycles. The van der Waals surface area contributed by atoms with Gasteiger partial charge in [0, 0.05) is 12.2 Å². The summed E-state index contributed by atoms with van der Waals surface area (Å²) in [5.74, 6) is 0.424. The molecule has 138 valence electrons. The average Bonchev–Trinajstić information content (AvgIpc) is 2.69. The van der Waals surface area contributed by atoms with Gasteiger partial charge in [0.2, 0.25) is 0 Å². The van der Waals surface area contributed by atoms with Crippen molar-refractivity contribution < 1.29 is 14.8 Å². The molecule has 1 fully saturated rings. The zero-order chi connectivity index (χ0) is 18.4. The van der Waals surface area contributed by atoms with Crippen LogP contribution in [0.4, 0.5) is 5.69 Å². The third-order valence-electron chi connectivity index (χ3n) is 5.18. The fourth-order valence-corrected chi connectivity index (χ4v) is 3.46. The third kappa shape index (κ3) is 4.76. The number of quaternary nitrogens is 1. The summed E-state index contributed by atoms with van der Waals surface area (Å²) in [6, 6.07) is 17.5. The normalized spacial score (nSPS) is 16.3. The van der Waals surface area contributed by atoms with Gasteiger partial charge in [0.25, 0.3) is 5.91 Å². The van der Waals surface area contributed by atoms with Crippen LogP contribution in [-0.4, -0.2) is 49.8 Å². The molecule has 1 saturated heterocycles. The van der Waals surface area contributed by atoms with Crippen molar-refractivity contribution in [3.05, 3.63) is 60.2 Å². The predicted octanol–water partition coefficient (Wildman–Crippen LogP) is 0.845. The molecule has 1 heterocycles. The van der Waals surface area contributed by atoms with Crippen LogP contribution >= 0.6 is 0 Å². The summed E-state index contributed by atoms with van der Waals surface area (Å²) in [6.07, 6.45) is 0.864. The number of hydrogen-bond acceptors (Lipinski definition) is 3. The van der Waals surface area contributed by atoms with Gasteiger partial charge in [-0.3, -0.25) is 4.79 Å². The number of phenolic OH excluding ortho intramolecular Hbond substituents is 1. The SMILES string of the molecule is C[C@H](C(=O)NCCc1ccccc1)[NH+]1CCN(c2ccc(O)cc2)CC1. The van der Waals surface area contributed by atoms with Crippen molar-refractivity contribution >= 4 is 11.6 Å². The molecule has 5 nitrogen and oxygen atoms in total. The third-order valence-corrected chi connectivity index (χ3v) is 5.18. The number of amides is 1. The Bertz CT molecular complexity index is 695. The van der Waals surface area contributed by atoms with E-state index in [-0.39, 0.29) is 11.9 Å². The Balaban J connectivity index is 1.43. The number of aromatic hydroxyl groups is 1. The lowest BCUT2D eigenvalue weighted by Gasteiger charge is -2.36. The molecule has 1 atom stereocenters. The van der Waals surface area contributed by atoms with Crippen LogP contribution in [0.5, 0.6) is 5.75 Å². The van der Waals surface area contributed by atoms with E-state index in [0.717, 1.165) is 38.3 Å². The minimum atomic E-state index is -0.0345. The van der Waals surface area contributed by atoms with Gasteiger partial charge >= 0.3 is 0 Å². The monoisotopic (exact) mass is 354 g/mol. The van der Waals surface area contributed by atoms with E-state index in [2.05, 4.69) is 22.3 Å². The Hall–Kier alpha value is -2.53. The smallest absolute Gasteiger partial charge is 0.278 e. The summed E-state index contributed by atoms with van der Waals surface area (Å²) < 4.78 is 0. The molecule has 3 N–H and O–H groups in total. The summed E-state index contributed by atoms with van der Waals surface area (Å²) >= 11 is 0. The van der Waals surface area contributed by atoms with E-state index in [0.29, 0.717) is 12.3 Å². The topological polar surface area (TPSA) is 57.0 Å². The lowest BCUT2D eigenvalue weighted by Crippen LogP contribution is -3.19. The maximum Gasteiger partial charge on any atom is 0.278 e. The van der Waals surface area contributed by atoms with Crippen LogP contribution < -0.4 is 15.1 Å². The Morgan fingerprint density at radius 1 is 1.12 bits per heavy atom. The number of nitrogens with one attached hydrogen (secondary N) is 2. The second-order valence-electron chi connectivity index (χ2n) is 6.91. The molecule has 26 heavy (non-hydrogen) atoms. The number of hydrogen-bond donors (Lipinski definition) is 3. The van der Waals surface area contributed by atoms with Crippen molar-refractivity contribution in [1.29, 1.82) is 0 Å². The van der Waals surface area contributed by atoms with Crippen LogP contribution in [0.1, 0.15) is 12.5 Å². The van der Waals surface area contributed by atoms with Crippen molar-refractivity contribution in [3.8, 4) is 5.75 Å². The van der Waals surface area contributed by atoms with Crippen molar-refractivity contribution in [2.24, 2.45) is 0 Å². The van der Waals surface area contributed by atoms with Gasteiger partial charge in [0.15, 0.2) is 6.04 Å². The van der Waals surface area contributed by atoms with Crippen molar-refractivity contribution in [2.45, 2.75) is 19.4 Å². The fraction of sp³-hybridized carbons (Fsp3) is 0.381. The lowest BCUT2D eigenvalue weighted by molar-refractivity contribution is -0.914. The largest absolute Gasteiger partial charge is 0.508 e. The molecule has 1 aliphatic heterocycles. The van der Waals surface area contributed by atoms with E-state index >= 15 is 0 Å². The maximum atomic E-state index is 12.4. The molecular weight excluding hydrogens is 326 g/mol. The van der Waals surface area contributed by atoms with Gasteiger partial charge in [0.1, 0.15) is 5.75 Å². The molecule has 0 radical (unpaired) electrons. The van der Waals surface area contributed by atoms with E-state index in [4.69, 9.17) is 0 Å².